The number of hydrazone groups is 1. The Hall–Kier alpha value is -1.84. The molecule has 2 aromatic carbocycles. The third-order valence-corrected chi connectivity index (χ3v) is 6.38. The van der Waals surface area contributed by atoms with Crippen LogP contribution in [0.25, 0.3) is 0 Å². The Morgan fingerprint density at radius 3 is 2.46 bits per heavy atom. The summed E-state index contributed by atoms with van der Waals surface area (Å²) in [7, 11) is -1.23. The predicted octanol–water partition coefficient (Wildman–Crippen LogP) is 3.43. The molecule has 0 atom stereocenters. The van der Waals surface area contributed by atoms with E-state index in [1.54, 1.807) is 18.2 Å². The summed E-state index contributed by atoms with van der Waals surface area (Å²) in [6.07, 6.45) is 1.36. The summed E-state index contributed by atoms with van der Waals surface area (Å²) >= 11 is 17.7. The summed E-state index contributed by atoms with van der Waals surface area (Å²) in [6.45, 7) is -0.440. The maximum atomic E-state index is 12.6. The van der Waals surface area contributed by atoms with Crippen molar-refractivity contribution in [2.45, 2.75) is 4.90 Å². The van der Waals surface area contributed by atoms with Gasteiger partial charge in [-0.25, -0.2) is 13.8 Å². The lowest BCUT2D eigenvalue weighted by atomic mass is 10.2. The lowest BCUT2D eigenvalue weighted by Crippen LogP contribution is -2.36. The smallest absolute Gasteiger partial charge is 0.255 e. The van der Waals surface area contributed by atoms with Gasteiger partial charge in [-0.15, -0.1) is 0 Å². The Morgan fingerprint density at radius 1 is 1.14 bits per heavy atom. The van der Waals surface area contributed by atoms with Crippen molar-refractivity contribution in [3.8, 4) is 5.75 Å². The van der Waals surface area contributed by atoms with Crippen molar-refractivity contribution < 1.29 is 17.9 Å². The average molecular weight is 465 g/mol. The zero-order chi connectivity index (χ0) is 20.9. The van der Waals surface area contributed by atoms with Crippen molar-refractivity contribution in [1.29, 1.82) is 0 Å². The molecule has 28 heavy (non-hydrogen) atoms. The summed E-state index contributed by atoms with van der Waals surface area (Å²) in [6, 6.07) is 8.86. The molecule has 1 amide bonds. The number of amides is 1. The normalized spacial score (nSPS) is 11.8. The summed E-state index contributed by atoms with van der Waals surface area (Å²) in [5.41, 5.74) is 2.87. The van der Waals surface area contributed by atoms with Crippen LogP contribution in [0.1, 0.15) is 5.56 Å². The molecule has 0 aromatic heterocycles. The van der Waals surface area contributed by atoms with Gasteiger partial charge in [0.05, 0.1) is 39.8 Å². The minimum absolute atomic E-state index is 0.0621. The molecule has 7 nitrogen and oxygen atoms in total. The zero-order valence-corrected chi connectivity index (χ0v) is 17.9. The fraction of sp³-hybridized carbons (Fsp3) is 0.176. The highest BCUT2D eigenvalue weighted by Gasteiger charge is 2.23. The fourth-order valence-corrected chi connectivity index (χ4v) is 3.86. The van der Waals surface area contributed by atoms with Crippen molar-refractivity contribution in [1.82, 2.24) is 9.73 Å². The van der Waals surface area contributed by atoms with Gasteiger partial charge in [-0.1, -0.05) is 40.9 Å². The Balaban J connectivity index is 2.01. The van der Waals surface area contributed by atoms with E-state index in [2.05, 4.69) is 10.5 Å². The first-order chi connectivity index (χ1) is 13.1. The van der Waals surface area contributed by atoms with E-state index in [0.717, 1.165) is 4.31 Å². The highest BCUT2D eigenvalue weighted by atomic mass is 35.5. The van der Waals surface area contributed by atoms with Gasteiger partial charge < -0.3 is 4.74 Å². The van der Waals surface area contributed by atoms with Crippen LogP contribution in [0.2, 0.25) is 15.1 Å². The largest absolute Gasteiger partial charge is 0.495 e. The summed E-state index contributed by atoms with van der Waals surface area (Å²) in [4.78, 5) is 11.9. The van der Waals surface area contributed by atoms with Crippen LogP contribution >= 0.6 is 34.8 Å². The molecule has 0 aliphatic rings. The molecule has 150 valence electrons. The van der Waals surface area contributed by atoms with Crippen LogP contribution in [0.3, 0.4) is 0 Å². The van der Waals surface area contributed by atoms with Crippen molar-refractivity contribution in [2.24, 2.45) is 5.10 Å². The number of sulfonamides is 1. The molecular weight excluding hydrogens is 449 g/mol. The van der Waals surface area contributed by atoms with Crippen LogP contribution in [0, 0.1) is 0 Å². The van der Waals surface area contributed by atoms with E-state index in [1.165, 1.54) is 38.6 Å². The Labute approximate surface area is 177 Å². The van der Waals surface area contributed by atoms with Gasteiger partial charge in [0, 0.05) is 7.05 Å². The molecule has 0 radical (unpaired) electrons. The molecule has 0 saturated carbocycles. The molecule has 1 N–H and O–H groups in total. The molecule has 0 spiro atoms. The quantitative estimate of drug-likeness (QED) is 0.502. The summed E-state index contributed by atoms with van der Waals surface area (Å²) in [5, 5.41) is 4.66. The van der Waals surface area contributed by atoms with Crippen LogP contribution in [0.5, 0.6) is 5.75 Å². The number of nitrogens with one attached hydrogen (secondary N) is 1. The molecule has 2 aromatic rings. The Bertz CT molecular complexity index is 1010. The van der Waals surface area contributed by atoms with Crippen LogP contribution in [0.4, 0.5) is 0 Å². The summed E-state index contributed by atoms with van der Waals surface area (Å²) < 4.78 is 31.0. The SMILES string of the molecule is COc1ccc(S(=O)(=O)N(C)CC(=O)NN=Cc2ccc(Cl)c(Cl)c2)cc1Cl. The number of hydrogen-bond acceptors (Lipinski definition) is 5. The zero-order valence-electron chi connectivity index (χ0n) is 14.8. The van der Waals surface area contributed by atoms with E-state index in [0.29, 0.717) is 21.4 Å². The molecule has 0 unspecified atom stereocenters. The van der Waals surface area contributed by atoms with Crippen molar-refractivity contribution in [3.05, 3.63) is 57.0 Å². The fourth-order valence-electron chi connectivity index (χ4n) is 2.08. The maximum absolute atomic E-state index is 12.6. The topological polar surface area (TPSA) is 88.1 Å². The summed E-state index contributed by atoms with van der Waals surface area (Å²) in [5.74, 6) is -0.278. The van der Waals surface area contributed by atoms with Gasteiger partial charge >= 0.3 is 0 Å². The van der Waals surface area contributed by atoms with Gasteiger partial charge in [0.15, 0.2) is 0 Å². The van der Waals surface area contributed by atoms with Gasteiger partial charge in [-0.2, -0.15) is 9.41 Å². The third-order valence-electron chi connectivity index (χ3n) is 3.54. The van der Waals surface area contributed by atoms with Gasteiger partial charge in [0.2, 0.25) is 10.0 Å². The average Bonchev–Trinajstić information content (AvgIpc) is 2.64. The highest BCUT2D eigenvalue weighted by Crippen LogP contribution is 2.28. The first-order valence-corrected chi connectivity index (χ1v) is 10.3. The molecule has 0 bridgehead atoms. The number of benzene rings is 2. The number of ether oxygens (including phenoxy) is 1. The number of carbonyl (C=O) groups is 1. The number of methoxy groups -OCH3 is 1. The van der Waals surface area contributed by atoms with Crippen LogP contribution in [-0.4, -0.2) is 45.5 Å². The molecule has 0 heterocycles. The Morgan fingerprint density at radius 2 is 1.86 bits per heavy atom. The molecule has 0 saturated heterocycles. The molecule has 0 fully saturated rings. The molecule has 11 heteroatoms. The van der Waals surface area contributed by atoms with Gasteiger partial charge in [0.25, 0.3) is 5.91 Å². The maximum Gasteiger partial charge on any atom is 0.255 e. The minimum atomic E-state index is -3.92. The lowest BCUT2D eigenvalue weighted by Gasteiger charge is -2.16. The van der Waals surface area contributed by atoms with Crippen molar-refractivity contribution in [3.63, 3.8) is 0 Å². The number of nitrogens with zero attached hydrogens (tertiary/aromatic N) is 2. The minimum Gasteiger partial charge on any atom is -0.495 e. The molecule has 0 aliphatic carbocycles. The van der Waals surface area contributed by atoms with Crippen LogP contribution in [-0.2, 0) is 14.8 Å². The van der Waals surface area contributed by atoms with E-state index in [9.17, 15) is 13.2 Å². The monoisotopic (exact) mass is 463 g/mol. The van der Waals surface area contributed by atoms with Crippen LogP contribution in [0.15, 0.2) is 46.4 Å². The number of carbonyl (C=O) groups excluding carboxylic acids is 1. The van der Waals surface area contributed by atoms with Gasteiger partial charge in [-0.05, 0) is 35.9 Å². The highest BCUT2D eigenvalue weighted by molar-refractivity contribution is 7.89. The molecule has 0 aliphatic heterocycles. The second-order valence-corrected chi connectivity index (χ2v) is 8.79. The second kappa shape index (κ2) is 9.58. The lowest BCUT2D eigenvalue weighted by molar-refractivity contribution is -0.121. The van der Waals surface area contributed by atoms with Crippen molar-refractivity contribution >= 4 is 56.9 Å². The number of hydrogen-bond donors (Lipinski definition) is 1. The third kappa shape index (κ3) is 5.59. The van der Waals surface area contributed by atoms with E-state index in [4.69, 9.17) is 39.5 Å². The second-order valence-electron chi connectivity index (χ2n) is 5.52. The van der Waals surface area contributed by atoms with Gasteiger partial charge in [0.1, 0.15) is 5.75 Å². The van der Waals surface area contributed by atoms with Gasteiger partial charge in [-0.3, -0.25) is 4.79 Å². The van der Waals surface area contributed by atoms with E-state index >= 15 is 0 Å². The first-order valence-electron chi connectivity index (χ1n) is 7.72. The molecule has 2 rings (SSSR count). The predicted molar refractivity (Wildman–Crippen MR) is 110 cm³/mol. The number of halogens is 3. The number of rotatable bonds is 7. The number of likely N-dealkylation sites (N-methyl/N-ethyl adjacent to an activating group) is 1. The van der Waals surface area contributed by atoms with Crippen LogP contribution < -0.4 is 10.2 Å². The van der Waals surface area contributed by atoms with Crippen molar-refractivity contribution in [2.75, 3.05) is 20.7 Å². The van der Waals surface area contributed by atoms with E-state index in [-0.39, 0.29) is 9.92 Å². The first kappa shape index (κ1) is 22.4. The Kier molecular flexibility index (Phi) is 7.68. The standard InChI is InChI=1S/C17H16Cl3N3O4S/c1-23(28(25,26)12-4-6-16(27-2)15(20)8-12)10-17(24)22-21-9-11-3-5-13(18)14(19)7-11/h3-9H,10H2,1-2H3,(H,22,24). The van der Waals surface area contributed by atoms with E-state index in [1.807, 2.05) is 0 Å². The van der Waals surface area contributed by atoms with E-state index < -0.39 is 22.5 Å². The molecular formula is C17H16Cl3N3O4S.